The minimum Gasteiger partial charge on any atom is -0.352 e. The number of anilines is 1. The minimum atomic E-state index is -0.0729. The van der Waals surface area contributed by atoms with Crippen molar-refractivity contribution in [1.29, 1.82) is 0 Å². The summed E-state index contributed by atoms with van der Waals surface area (Å²) in [5, 5.41) is 3.54. The molecular weight excluding hydrogens is 424 g/mol. The zero-order chi connectivity index (χ0) is 23.0. The average molecular weight is 451 g/mol. The number of carbonyl (C=O) groups excluding carboxylic acids is 2. The Morgan fingerprint density at radius 2 is 1.97 bits per heavy atom. The van der Waals surface area contributed by atoms with E-state index < -0.39 is 0 Å². The third-order valence-corrected chi connectivity index (χ3v) is 6.03. The molecule has 0 aliphatic carbocycles. The number of nitrogens with one attached hydrogen (secondary N) is 2. The molecule has 0 unspecified atom stereocenters. The van der Waals surface area contributed by atoms with Crippen molar-refractivity contribution in [3.8, 4) is 11.3 Å². The monoisotopic (exact) mass is 450 g/mol. The van der Waals surface area contributed by atoms with Gasteiger partial charge in [0.25, 0.3) is 5.91 Å². The van der Waals surface area contributed by atoms with Crippen LogP contribution in [0.2, 0.25) is 5.02 Å². The number of carbonyl (C=O) groups is 2. The van der Waals surface area contributed by atoms with Crippen molar-refractivity contribution in [2.45, 2.75) is 40.7 Å². The normalized spacial score (nSPS) is 12.9. The van der Waals surface area contributed by atoms with Crippen molar-refractivity contribution >= 4 is 29.1 Å². The molecule has 32 heavy (non-hydrogen) atoms. The Labute approximate surface area is 193 Å². The maximum Gasteiger partial charge on any atom is 0.258 e. The number of aromatic nitrogens is 2. The highest BCUT2D eigenvalue weighted by Crippen LogP contribution is 2.37. The van der Waals surface area contributed by atoms with Crippen LogP contribution >= 0.6 is 11.6 Å². The highest BCUT2D eigenvalue weighted by Gasteiger charge is 2.27. The minimum absolute atomic E-state index is 0.0106. The largest absolute Gasteiger partial charge is 0.352 e. The van der Waals surface area contributed by atoms with Crippen LogP contribution in [0, 0.1) is 19.8 Å². The van der Waals surface area contributed by atoms with Crippen LogP contribution in [-0.4, -0.2) is 28.3 Å². The number of fused-ring (bicyclic) bond motifs is 3. The number of nitrogens with zero attached hydrogens (tertiary/aromatic N) is 2. The lowest BCUT2D eigenvalue weighted by atomic mass is 10.0. The number of benzene rings is 2. The Hall–Kier alpha value is -3.12. The van der Waals surface area contributed by atoms with Gasteiger partial charge in [0, 0.05) is 47.3 Å². The van der Waals surface area contributed by atoms with E-state index in [4.69, 9.17) is 11.6 Å². The molecule has 166 valence electrons. The predicted octanol–water partition coefficient (Wildman–Crippen LogP) is 4.82. The summed E-state index contributed by atoms with van der Waals surface area (Å²) in [5.74, 6) is 0.717. The number of imidazole rings is 1. The molecular formula is C25H27ClN4O2. The highest BCUT2D eigenvalue weighted by molar-refractivity contribution is 6.31. The zero-order valence-corrected chi connectivity index (χ0v) is 19.5. The Bertz CT molecular complexity index is 1200. The van der Waals surface area contributed by atoms with Gasteiger partial charge < -0.3 is 15.2 Å². The summed E-state index contributed by atoms with van der Waals surface area (Å²) in [6.45, 7) is 8.60. The fourth-order valence-corrected chi connectivity index (χ4v) is 4.17. The molecule has 1 aromatic heterocycles. The molecule has 2 amide bonds. The van der Waals surface area contributed by atoms with Crippen LogP contribution in [0.25, 0.3) is 11.3 Å². The second-order valence-electron chi connectivity index (χ2n) is 8.53. The number of halogens is 1. The van der Waals surface area contributed by atoms with Gasteiger partial charge in [-0.15, -0.1) is 0 Å². The molecule has 0 saturated carbocycles. The van der Waals surface area contributed by atoms with E-state index in [2.05, 4.69) is 15.3 Å². The second-order valence-corrected chi connectivity index (χ2v) is 8.97. The number of aryl methyl sites for hydroxylation is 2. The average Bonchev–Trinajstić information content (AvgIpc) is 3.06. The summed E-state index contributed by atoms with van der Waals surface area (Å²) in [6.07, 6.45) is 0.673. The molecule has 2 heterocycles. The third-order valence-electron chi connectivity index (χ3n) is 5.80. The molecule has 2 N–H and O–H groups in total. The van der Waals surface area contributed by atoms with E-state index in [9.17, 15) is 9.59 Å². The van der Waals surface area contributed by atoms with Crippen molar-refractivity contribution < 1.29 is 9.59 Å². The molecule has 6 nitrogen and oxygen atoms in total. The lowest BCUT2D eigenvalue weighted by Crippen LogP contribution is -2.32. The smallest absolute Gasteiger partial charge is 0.258 e. The van der Waals surface area contributed by atoms with Crippen molar-refractivity contribution in [1.82, 2.24) is 15.3 Å². The maximum atomic E-state index is 13.6. The van der Waals surface area contributed by atoms with E-state index >= 15 is 0 Å². The Morgan fingerprint density at radius 3 is 2.69 bits per heavy atom. The van der Waals surface area contributed by atoms with E-state index in [-0.39, 0.29) is 17.7 Å². The number of hydrogen-bond acceptors (Lipinski definition) is 3. The molecule has 4 rings (SSSR count). The molecule has 0 radical (unpaired) electrons. The maximum absolute atomic E-state index is 13.6. The topological polar surface area (TPSA) is 78.1 Å². The summed E-state index contributed by atoms with van der Waals surface area (Å²) in [6, 6.07) is 11.2. The molecule has 0 fully saturated rings. The van der Waals surface area contributed by atoms with Gasteiger partial charge >= 0.3 is 0 Å². The fraction of sp³-hybridized carbons (Fsp3) is 0.320. The zero-order valence-electron chi connectivity index (χ0n) is 18.8. The van der Waals surface area contributed by atoms with Gasteiger partial charge in [-0.25, -0.2) is 4.98 Å². The summed E-state index contributed by atoms with van der Waals surface area (Å²) >= 11 is 6.29. The molecule has 2 aromatic carbocycles. The summed E-state index contributed by atoms with van der Waals surface area (Å²) in [5.41, 5.74) is 6.08. The van der Waals surface area contributed by atoms with Crippen LogP contribution in [0.3, 0.4) is 0 Å². The van der Waals surface area contributed by atoms with Gasteiger partial charge in [0.15, 0.2) is 0 Å². The molecule has 1 aliphatic rings. The predicted molar refractivity (Wildman–Crippen MR) is 127 cm³/mol. The van der Waals surface area contributed by atoms with E-state index in [1.165, 1.54) is 0 Å². The van der Waals surface area contributed by atoms with Crippen molar-refractivity contribution in [3.63, 3.8) is 0 Å². The van der Waals surface area contributed by atoms with E-state index in [1.54, 1.807) is 11.0 Å². The Morgan fingerprint density at radius 1 is 1.19 bits per heavy atom. The lowest BCUT2D eigenvalue weighted by Gasteiger charge is -2.23. The SMILES string of the molecule is Cc1nc2c([nH]1)CCN(C(=O)c1ccc(CNC(=O)C(C)C)c(C)c1)c1ccc(Cl)cc1-2. The van der Waals surface area contributed by atoms with Gasteiger partial charge in [0.2, 0.25) is 5.91 Å². The van der Waals surface area contributed by atoms with Crippen LogP contribution in [0.15, 0.2) is 36.4 Å². The summed E-state index contributed by atoms with van der Waals surface area (Å²) < 4.78 is 0. The summed E-state index contributed by atoms with van der Waals surface area (Å²) in [7, 11) is 0. The van der Waals surface area contributed by atoms with Crippen LogP contribution in [0.4, 0.5) is 5.69 Å². The first-order valence-corrected chi connectivity index (χ1v) is 11.2. The van der Waals surface area contributed by atoms with Crippen molar-refractivity contribution in [2.24, 2.45) is 5.92 Å². The standard InChI is InChI=1S/C25H27ClN4O2/c1-14(2)24(31)27-13-18-6-5-17(11-15(18)3)25(32)30-10-9-21-23(29-16(4)28-21)20-12-19(26)7-8-22(20)30/h5-8,11-12,14H,9-10,13H2,1-4H3,(H,27,31)(H,28,29). The van der Waals surface area contributed by atoms with Crippen molar-refractivity contribution in [2.75, 3.05) is 11.4 Å². The van der Waals surface area contributed by atoms with Gasteiger partial charge in [-0.05, 0) is 55.3 Å². The first kappa shape index (κ1) is 22.1. The first-order chi connectivity index (χ1) is 15.2. The molecule has 3 aromatic rings. The number of aromatic amines is 1. The quantitative estimate of drug-likeness (QED) is 0.598. The van der Waals surface area contributed by atoms with Gasteiger partial charge in [-0.1, -0.05) is 31.5 Å². The molecule has 7 heteroatoms. The second kappa shape index (κ2) is 8.79. The van der Waals surface area contributed by atoms with E-state index in [0.717, 1.165) is 39.6 Å². The third kappa shape index (κ3) is 4.28. The van der Waals surface area contributed by atoms with Crippen molar-refractivity contribution in [3.05, 3.63) is 69.6 Å². The van der Waals surface area contributed by atoms with Gasteiger partial charge in [0.1, 0.15) is 5.82 Å². The first-order valence-electron chi connectivity index (χ1n) is 10.8. The Kier molecular flexibility index (Phi) is 6.07. The molecule has 0 saturated heterocycles. The van der Waals surface area contributed by atoms with Crippen LogP contribution < -0.4 is 10.2 Å². The number of hydrogen-bond donors (Lipinski definition) is 2. The van der Waals surface area contributed by atoms with Crippen LogP contribution in [-0.2, 0) is 17.8 Å². The molecule has 1 aliphatic heterocycles. The Balaban J connectivity index is 1.63. The molecule has 0 atom stereocenters. The number of rotatable bonds is 4. The number of amides is 2. The molecule has 0 bridgehead atoms. The number of H-pyrrole nitrogens is 1. The van der Waals surface area contributed by atoms with E-state index in [1.807, 2.05) is 58.0 Å². The van der Waals surface area contributed by atoms with Gasteiger partial charge in [-0.3, -0.25) is 9.59 Å². The molecule has 0 spiro atoms. The highest BCUT2D eigenvalue weighted by atomic mass is 35.5. The lowest BCUT2D eigenvalue weighted by molar-refractivity contribution is -0.124. The van der Waals surface area contributed by atoms with E-state index in [0.29, 0.717) is 30.1 Å². The van der Waals surface area contributed by atoms with Crippen LogP contribution in [0.5, 0.6) is 0 Å². The van der Waals surface area contributed by atoms with Gasteiger partial charge in [-0.2, -0.15) is 0 Å². The fourth-order valence-electron chi connectivity index (χ4n) is 4.00. The van der Waals surface area contributed by atoms with Crippen LogP contribution in [0.1, 0.15) is 46.9 Å². The summed E-state index contributed by atoms with van der Waals surface area (Å²) in [4.78, 5) is 35.2. The van der Waals surface area contributed by atoms with Gasteiger partial charge in [0.05, 0.1) is 11.4 Å².